The summed E-state index contributed by atoms with van der Waals surface area (Å²) in [7, 11) is -0.350. The lowest BCUT2D eigenvalue weighted by atomic mass is 10.8. The van der Waals surface area contributed by atoms with Crippen LogP contribution in [0.25, 0.3) is 0 Å². The topological polar surface area (TPSA) is 37.6 Å². The molecule has 6 heteroatoms. The van der Waals surface area contributed by atoms with E-state index in [1.54, 1.807) is 23.1 Å². The molecule has 0 fully saturated rings. The zero-order chi connectivity index (χ0) is 7.68. The van der Waals surface area contributed by atoms with Crippen LogP contribution in [0.1, 0.15) is 5.01 Å². The van der Waals surface area contributed by atoms with E-state index < -0.39 is 0 Å². The van der Waals surface area contributed by atoms with E-state index in [1.807, 2.05) is 5.38 Å². The number of hydrogen-bond acceptors (Lipinski definition) is 5. The maximum absolute atomic E-state index is 5.09. The highest BCUT2D eigenvalue weighted by Crippen LogP contribution is 2.11. The Kier molecular flexibility index (Phi) is 1.89. The van der Waals surface area contributed by atoms with E-state index in [9.17, 15) is 0 Å². The maximum atomic E-state index is 5.09. The van der Waals surface area contributed by atoms with Crippen LogP contribution in [0.3, 0.4) is 0 Å². The van der Waals surface area contributed by atoms with Gasteiger partial charge in [0.05, 0.1) is 5.55 Å². The molecule has 2 rings (SSSR count). The van der Waals surface area contributed by atoms with Crippen LogP contribution in [0.5, 0.6) is 0 Å². The van der Waals surface area contributed by atoms with Crippen molar-refractivity contribution < 1.29 is 0 Å². The molecule has 1 aromatic rings. The van der Waals surface area contributed by atoms with E-state index in [4.69, 9.17) is 11.2 Å². The van der Waals surface area contributed by atoms with E-state index in [0.717, 1.165) is 10.1 Å². The number of rotatable bonds is 1. The minimum absolute atomic E-state index is 0.350. The third kappa shape index (κ3) is 1.29. The van der Waals surface area contributed by atoms with Crippen molar-refractivity contribution >= 4 is 42.6 Å². The highest BCUT2D eigenvalue weighted by molar-refractivity contribution is 8.45. The normalized spacial score (nSPS) is 22.2. The van der Waals surface area contributed by atoms with Crippen LogP contribution in [-0.4, -0.2) is 15.6 Å². The summed E-state index contributed by atoms with van der Waals surface area (Å²) in [6, 6.07) is 0. The first-order chi connectivity index (χ1) is 5.38. The van der Waals surface area contributed by atoms with Gasteiger partial charge in [-0.05, 0) is 20.6 Å². The molecule has 1 aliphatic heterocycles. The molecule has 0 saturated carbocycles. The molecule has 0 bridgehead atoms. The molecule has 0 saturated heterocycles. The average Bonchev–Trinajstić information content (AvgIpc) is 2.55. The van der Waals surface area contributed by atoms with Crippen LogP contribution < -0.4 is 0 Å². The van der Waals surface area contributed by atoms with Gasteiger partial charge in [0.2, 0.25) is 0 Å². The van der Waals surface area contributed by atoms with Crippen molar-refractivity contribution in [3.05, 3.63) is 16.6 Å². The van der Waals surface area contributed by atoms with E-state index in [-0.39, 0.29) is 9.45 Å². The highest BCUT2D eigenvalue weighted by atomic mass is 32.8. The van der Waals surface area contributed by atoms with Crippen molar-refractivity contribution in [3.63, 3.8) is 0 Å². The molecular formula is C5H3N3S3. The van der Waals surface area contributed by atoms with Crippen LogP contribution in [0, 0.1) is 0 Å². The molecule has 0 radical (unpaired) electrons. The second-order valence-electron chi connectivity index (χ2n) is 1.76. The maximum Gasteiger partial charge on any atom is 0.164 e. The Hall–Kier alpha value is -0.460. The van der Waals surface area contributed by atoms with E-state index in [2.05, 4.69) is 15.2 Å². The van der Waals surface area contributed by atoms with Crippen molar-refractivity contribution in [1.82, 2.24) is 4.98 Å². The summed E-state index contributed by atoms with van der Waals surface area (Å²) in [5.74, 6) is 0. The molecule has 0 aromatic carbocycles. The van der Waals surface area contributed by atoms with Gasteiger partial charge in [0.15, 0.2) is 10.1 Å². The lowest BCUT2D eigenvalue weighted by Gasteiger charge is -1.90. The van der Waals surface area contributed by atoms with Gasteiger partial charge in [-0.3, -0.25) is 0 Å². The standard InChI is InChI=1S/C5H3N3S3/c9-11-3-7-8-5(11)4-6-1-2-10-4/h1-3H. The van der Waals surface area contributed by atoms with Gasteiger partial charge in [0.1, 0.15) is 0 Å². The van der Waals surface area contributed by atoms with Gasteiger partial charge < -0.3 is 0 Å². The second kappa shape index (κ2) is 2.88. The van der Waals surface area contributed by atoms with Crippen LogP contribution in [-0.2, 0) is 20.6 Å². The van der Waals surface area contributed by atoms with Crippen LogP contribution in [0.15, 0.2) is 21.8 Å². The minimum atomic E-state index is -0.350. The first-order valence-electron chi connectivity index (χ1n) is 2.79. The Labute approximate surface area is 74.5 Å². The monoisotopic (exact) mass is 201 g/mol. The Morgan fingerprint density at radius 1 is 1.55 bits per heavy atom. The molecule has 0 N–H and O–H groups in total. The van der Waals surface area contributed by atoms with Crippen molar-refractivity contribution in [2.75, 3.05) is 0 Å². The van der Waals surface area contributed by atoms with Gasteiger partial charge in [-0.2, -0.15) is 5.10 Å². The largest absolute Gasteiger partial charge is 0.242 e. The molecule has 1 atom stereocenters. The Balaban J connectivity index is 2.40. The van der Waals surface area contributed by atoms with Crippen LogP contribution in [0.2, 0.25) is 0 Å². The average molecular weight is 201 g/mol. The molecule has 3 nitrogen and oxygen atoms in total. The summed E-state index contributed by atoms with van der Waals surface area (Å²) in [4.78, 5) is 4.10. The summed E-state index contributed by atoms with van der Waals surface area (Å²) in [6.45, 7) is 0. The van der Waals surface area contributed by atoms with Gasteiger partial charge in [-0.15, -0.1) is 16.4 Å². The Morgan fingerprint density at radius 2 is 2.45 bits per heavy atom. The third-order valence-corrected chi connectivity index (χ3v) is 3.68. The fourth-order valence-electron chi connectivity index (χ4n) is 0.667. The van der Waals surface area contributed by atoms with E-state index >= 15 is 0 Å². The lowest BCUT2D eigenvalue weighted by Crippen LogP contribution is -2.03. The number of aromatic nitrogens is 1. The van der Waals surface area contributed by atoms with Crippen molar-refractivity contribution in [3.8, 4) is 0 Å². The number of thiazole rings is 1. The van der Waals surface area contributed by atoms with Gasteiger partial charge >= 0.3 is 0 Å². The fraction of sp³-hybridized carbons (Fsp3) is 0. The molecule has 2 heterocycles. The van der Waals surface area contributed by atoms with Gasteiger partial charge in [0.25, 0.3) is 0 Å². The number of hydrogen-bond donors (Lipinski definition) is 0. The van der Waals surface area contributed by atoms with Crippen LogP contribution >= 0.6 is 11.3 Å². The molecule has 0 aliphatic carbocycles. The highest BCUT2D eigenvalue weighted by Gasteiger charge is 2.13. The SMILES string of the molecule is S=S1C=NN=C1c1nccs1. The Bertz CT molecular complexity index is 338. The summed E-state index contributed by atoms with van der Waals surface area (Å²) < 4.78 is 0. The molecule has 1 aromatic heterocycles. The fourth-order valence-corrected chi connectivity index (χ4v) is 2.79. The molecule has 0 spiro atoms. The van der Waals surface area contributed by atoms with Crippen molar-refractivity contribution in [1.29, 1.82) is 0 Å². The second-order valence-corrected chi connectivity index (χ2v) is 4.92. The third-order valence-electron chi connectivity index (χ3n) is 1.10. The molecule has 11 heavy (non-hydrogen) atoms. The molecule has 1 unspecified atom stereocenters. The van der Waals surface area contributed by atoms with E-state index in [0.29, 0.717) is 0 Å². The van der Waals surface area contributed by atoms with Crippen LogP contribution in [0.4, 0.5) is 0 Å². The number of nitrogens with zero attached hydrogens (tertiary/aromatic N) is 3. The first kappa shape index (κ1) is 7.20. The molecular weight excluding hydrogens is 198 g/mol. The molecule has 0 amide bonds. The minimum Gasteiger partial charge on any atom is -0.242 e. The summed E-state index contributed by atoms with van der Waals surface area (Å²) in [5.41, 5.74) is 1.67. The van der Waals surface area contributed by atoms with E-state index in [1.165, 1.54) is 0 Å². The zero-order valence-electron chi connectivity index (χ0n) is 5.30. The predicted octanol–water partition coefficient (Wildman–Crippen LogP) is 0.927. The van der Waals surface area contributed by atoms with Crippen molar-refractivity contribution in [2.45, 2.75) is 0 Å². The Morgan fingerprint density at radius 3 is 3.00 bits per heavy atom. The summed E-state index contributed by atoms with van der Waals surface area (Å²) >= 11 is 6.63. The molecule has 1 aliphatic rings. The first-order valence-corrected chi connectivity index (χ1v) is 5.89. The quantitative estimate of drug-likeness (QED) is 0.678. The van der Waals surface area contributed by atoms with Crippen molar-refractivity contribution in [2.24, 2.45) is 10.2 Å². The van der Waals surface area contributed by atoms with Gasteiger partial charge in [-0.25, -0.2) is 4.98 Å². The summed E-state index contributed by atoms with van der Waals surface area (Å²) in [5, 5.41) is 11.3. The predicted molar refractivity (Wildman–Crippen MR) is 51.9 cm³/mol. The lowest BCUT2D eigenvalue weighted by molar-refractivity contribution is 1.27. The zero-order valence-corrected chi connectivity index (χ0v) is 7.75. The summed E-state index contributed by atoms with van der Waals surface area (Å²) in [6.07, 6.45) is 1.74. The molecule has 56 valence electrons. The smallest absolute Gasteiger partial charge is 0.164 e. The van der Waals surface area contributed by atoms with Gasteiger partial charge in [0, 0.05) is 11.6 Å². The van der Waals surface area contributed by atoms with Gasteiger partial charge in [-0.1, -0.05) is 0 Å².